The number of ether oxygens (including phenoxy) is 2. The molecule has 334 valence electrons. The standard InChI is InChI=1S/C18H4F30O7S.Na/c19-5(20,7(23,24)11(31,32)15(39,40)41)9(27,28)13(35,36)17(45,46)54-3(49)1-2(56(51,52)53)4(50)55-18(47,48)14(37,38)10(29,30)6(21,22)8(25,26)12(33,34)16(42,43)44;/h2H,1H2,(H,51,52,53);/q;+1/p-1. The van der Waals surface area contributed by atoms with Crippen LogP contribution in [0.25, 0.3) is 0 Å². The summed E-state index contributed by atoms with van der Waals surface area (Å²) >= 11 is 0. The molecule has 0 aliphatic heterocycles. The third-order valence-corrected chi connectivity index (χ3v) is 7.09. The molecule has 0 heterocycles. The Bertz CT molecular complexity index is 1600. The summed E-state index contributed by atoms with van der Waals surface area (Å²) < 4.78 is 431. The summed E-state index contributed by atoms with van der Waals surface area (Å²) in [5.41, 5.74) is 0. The summed E-state index contributed by atoms with van der Waals surface area (Å²) in [4.78, 5) is 22.9. The van der Waals surface area contributed by atoms with E-state index in [0.717, 1.165) is 0 Å². The van der Waals surface area contributed by atoms with E-state index in [1.54, 1.807) is 4.74 Å². The van der Waals surface area contributed by atoms with E-state index < -0.39 is 118 Å². The maximum absolute atomic E-state index is 13.8. The van der Waals surface area contributed by atoms with Crippen LogP contribution in [0.15, 0.2) is 0 Å². The van der Waals surface area contributed by atoms with Crippen molar-refractivity contribution in [2.75, 3.05) is 0 Å². The topological polar surface area (TPSA) is 110 Å². The number of hydrogen-bond acceptors (Lipinski definition) is 7. The Morgan fingerprint density at radius 3 is 0.842 bits per heavy atom. The van der Waals surface area contributed by atoms with Crippen LogP contribution in [-0.4, -0.2) is 114 Å². The van der Waals surface area contributed by atoms with Gasteiger partial charge in [0.15, 0.2) is 5.25 Å². The van der Waals surface area contributed by atoms with E-state index in [1.807, 2.05) is 4.74 Å². The van der Waals surface area contributed by atoms with Gasteiger partial charge in [0.25, 0.3) is 0 Å². The monoisotopic (exact) mass is 956 g/mol. The van der Waals surface area contributed by atoms with Crippen molar-refractivity contribution in [3.05, 3.63) is 0 Å². The van der Waals surface area contributed by atoms with Gasteiger partial charge in [0.2, 0.25) is 0 Å². The molecule has 0 fully saturated rings. The van der Waals surface area contributed by atoms with Gasteiger partial charge in [-0.3, -0.25) is 9.59 Å². The second-order valence-electron chi connectivity index (χ2n) is 9.85. The Kier molecular flexibility index (Phi) is 15.0. The van der Waals surface area contributed by atoms with Gasteiger partial charge in [-0.2, -0.15) is 132 Å². The molecule has 39 heteroatoms. The van der Waals surface area contributed by atoms with Crippen LogP contribution in [-0.2, 0) is 29.2 Å². The molecule has 1 unspecified atom stereocenters. The first-order valence-corrected chi connectivity index (χ1v) is 13.2. The molecular formula is C18H3F30NaO7S. The van der Waals surface area contributed by atoms with Crippen molar-refractivity contribution in [2.45, 2.75) is 95.5 Å². The van der Waals surface area contributed by atoms with Crippen LogP contribution >= 0.6 is 0 Å². The van der Waals surface area contributed by atoms with Crippen LogP contribution in [0.5, 0.6) is 0 Å². The number of hydrogen-bond donors (Lipinski definition) is 0. The second kappa shape index (κ2) is 15.0. The molecule has 1 atom stereocenters. The Morgan fingerprint density at radius 1 is 0.404 bits per heavy atom. The predicted octanol–water partition coefficient (Wildman–Crippen LogP) is 5.04. The second-order valence-corrected chi connectivity index (χ2v) is 11.4. The van der Waals surface area contributed by atoms with E-state index in [2.05, 4.69) is 0 Å². The van der Waals surface area contributed by atoms with Gasteiger partial charge in [-0.25, -0.2) is 8.42 Å². The van der Waals surface area contributed by atoms with Crippen molar-refractivity contribution in [3.63, 3.8) is 0 Å². The fraction of sp³-hybridized carbons (Fsp3) is 0.889. The van der Waals surface area contributed by atoms with Crippen molar-refractivity contribution in [3.8, 4) is 0 Å². The summed E-state index contributed by atoms with van der Waals surface area (Å²) in [6.45, 7) is 0. The summed E-state index contributed by atoms with van der Waals surface area (Å²) in [6, 6.07) is 0. The zero-order chi connectivity index (χ0) is 46.4. The summed E-state index contributed by atoms with van der Waals surface area (Å²) in [5.74, 6) is -98.1. The van der Waals surface area contributed by atoms with Crippen molar-refractivity contribution in [1.29, 1.82) is 0 Å². The van der Waals surface area contributed by atoms with Crippen LogP contribution in [0.4, 0.5) is 132 Å². The van der Waals surface area contributed by atoms with Gasteiger partial charge in [0.1, 0.15) is 10.1 Å². The summed E-state index contributed by atoms with van der Waals surface area (Å²) in [6.07, 6.45) is -36.7. The molecule has 0 spiro atoms. The molecule has 0 bridgehead atoms. The molecule has 0 rings (SSSR count). The van der Waals surface area contributed by atoms with Crippen LogP contribution in [0.3, 0.4) is 0 Å². The molecule has 0 amide bonds. The Balaban J connectivity index is 0. The van der Waals surface area contributed by atoms with Crippen LogP contribution in [0.2, 0.25) is 0 Å². The van der Waals surface area contributed by atoms with Gasteiger partial charge in [0, 0.05) is 0 Å². The number of alkyl halides is 30. The minimum Gasteiger partial charge on any atom is -0.747 e. The fourth-order valence-electron chi connectivity index (χ4n) is 2.86. The first-order valence-electron chi connectivity index (χ1n) is 11.7. The minimum atomic E-state index is -9.14. The third-order valence-electron chi connectivity index (χ3n) is 6.03. The van der Waals surface area contributed by atoms with Gasteiger partial charge in [-0.1, -0.05) is 0 Å². The fourth-order valence-corrected chi connectivity index (χ4v) is 3.49. The average Bonchev–Trinajstić information content (AvgIpc) is 2.92. The average molecular weight is 956 g/mol. The predicted molar refractivity (Wildman–Crippen MR) is 102 cm³/mol. The number of rotatable bonds is 16. The van der Waals surface area contributed by atoms with Gasteiger partial charge >= 0.3 is 125 Å². The van der Waals surface area contributed by atoms with Crippen molar-refractivity contribution >= 4 is 22.1 Å². The van der Waals surface area contributed by atoms with Gasteiger partial charge < -0.3 is 14.0 Å². The van der Waals surface area contributed by atoms with Gasteiger partial charge in [0.05, 0.1) is 6.42 Å². The SMILES string of the molecule is O=C(CC(C(=O)OC(F)(F)C(F)(F)C(F)(F)C(F)(F)C(F)(F)C(F)(F)C(F)(F)F)S(=O)(=O)[O-])OC(F)(F)C(F)(F)C(F)(F)C(F)(F)C(F)(F)C(F)(F)C(F)(F)F.[Na+]. The first kappa shape index (κ1) is 56.8. The third kappa shape index (κ3) is 8.55. The van der Waals surface area contributed by atoms with Gasteiger partial charge in [-0.15, -0.1) is 0 Å². The Morgan fingerprint density at radius 2 is 0.614 bits per heavy atom. The zero-order valence-corrected chi connectivity index (χ0v) is 27.7. The van der Waals surface area contributed by atoms with E-state index in [0.29, 0.717) is 0 Å². The van der Waals surface area contributed by atoms with E-state index in [-0.39, 0.29) is 29.6 Å². The molecule has 0 aliphatic carbocycles. The summed E-state index contributed by atoms with van der Waals surface area (Å²) in [7, 11) is -7.57. The van der Waals surface area contributed by atoms with Crippen molar-refractivity contribution in [1.82, 2.24) is 0 Å². The molecule has 7 nitrogen and oxygen atoms in total. The van der Waals surface area contributed by atoms with E-state index in [9.17, 15) is 154 Å². The number of esters is 2. The molecule has 0 aromatic rings. The van der Waals surface area contributed by atoms with Gasteiger partial charge in [-0.05, 0) is 0 Å². The number of carbonyl (C=O) groups is 2. The largest absolute Gasteiger partial charge is 1.00 e. The maximum Gasteiger partial charge on any atom is 1.00 e. The van der Waals surface area contributed by atoms with Crippen LogP contribution in [0, 0.1) is 0 Å². The molecule has 0 aromatic heterocycles. The normalized spacial score (nSPS) is 16.5. The first-order chi connectivity index (χ1) is 23.6. The quantitative estimate of drug-likeness (QED) is 0.0924. The molecule has 0 aromatic carbocycles. The van der Waals surface area contributed by atoms with Crippen molar-refractivity contribution < 1.29 is 193 Å². The van der Waals surface area contributed by atoms with E-state index >= 15 is 0 Å². The molecule has 0 saturated heterocycles. The zero-order valence-electron chi connectivity index (χ0n) is 24.9. The molecule has 0 saturated carbocycles. The Labute approximate surface area is 311 Å². The maximum atomic E-state index is 13.8. The molecule has 0 N–H and O–H groups in total. The summed E-state index contributed by atoms with van der Waals surface area (Å²) in [5, 5.41) is -5.19. The Hall–Kier alpha value is -2.25. The molecular weight excluding hydrogens is 953 g/mol. The van der Waals surface area contributed by atoms with E-state index in [1.165, 1.54) is 0 Å². The minimum absolute atomic E-state index is 0. The van der Waals surface area contributed by atoms with Crippen LogP contribution < -0.4 is 29.6 Å². The smallest absolute Gasteiger partial charge is 0.747 e. The van der Waals surface area contributed by atoms with Crippen LogP contribution in [0.1, 0.15) is 6.42 Å². The van der Waals surface area contributed by atoms with Crippen molar-refractivity contribution in [2.24, 2.45) is 0 Å². The van der Waals surface area contributed by atoms with E-state index in [4.69, 9.17) is 0 Å². The number of carbonyl (C=O) groups excluding carboxylic acids is 2. The molecule has 0 aliphatic rings. The number of halogens is 30. The molecule has 0 radical (unpaired) electrons. The molecule has 57 heavy (non-hydrogen) atoms.